The van der Waals surface area contributed by atoms with E-state index in [2.05, 4.69) is 31.4 Å². The summed E-state index contributed by atoms with van der Waals surface area (Å²) >= 11 is 13.1. The average molecular weight is 317 g/mol. The molecule has 0 unspecified atom stereocenters. The van der Waals surface area contributed by atoms with Crippen LogP contribution in [0, 0.1) is 6.92 Å². The summed E-state index contributed by atoms with van der Waals surface area (Å²) in [4.78, 5) is 0. The van der Waals surface area contributed by atoms with Crippen LogP contribution in [0.5, 0.6) is 0 Å². The number of hydrogen-bond acceptors (Lipinski definition) is 2. The Morgan fingerprint density at radius 3 is 2.63 bits per heavy atom. The first kappa shape index (κ1) is 16.6. The number of hydrogen-bond donors (Lipinski definition) is 2. The Bertz CT molecular complexity index is 442. The van der Waals surface area contributed by atoms with Crippen molar-refractivity contribution in [2.75, 3.05) is 17.6 Å². The smallest absolute Gasteiger partial charge is 0.170 e. The Balaban J connectivity index is 2.35. The second-order valence-electron chi connectivity index (χ2n) is 5.30. The molecule has 2 nitrogen and oxygen atoms in total. The SMILES string of the molecule is Cc1cc(Cl)ccc1NC(=S)NCCSC(C)(C)C. The van der Waals surface area contributed by atoms with E-state index in [4.69, 9.17) is 23.8 Å². The highest BCUT2D eigenvalue weighted by Crippen LogP contribution is 2.22. The first-order valence-corrected chi connectivity index (χ1v) is 8.00. The molecule has 0 fully saturated rings. The van der Waals surface area contributed by atoms with Crippen molar-refractivity contribution in [1.82, 2.24) is 5.32 Å². The van der Waals surface area contributed by atoms with Crippen LogP contribution in [-0.4, -0.2) is 22.2 Å². The van der Waals surface area contributed by atoms with Gasteiger partial charge in [-0.1, -0.05) is 32.4 Å². The monoisotopic (exact) mass is 316 g/mol. The maximum Gasteiger partial charge on any atom is 0.170 e. The molecule has 106 valence electrons. The topological polar surface area (TPSA) is 24.1 Å². The summed E-state index contributed by atoms with van der Waals surface area (Å²) < 4.78 is 0.295. The minimum absolute atomic E-state index is 0.295. The fourth-order valence-electron chi connectivity index (χ4n) is 1.46. The largest absolute Gasteiger partial charge is 0.362 e. The lowest BCUT2D eigenvalue weighted by Crippen LogP contribution is -2.31. The molecule has 0 aliphatic carbocycles. The molecule has 1 aromatic carbocycles. The van der Waals surface area contributed by atoms with E-state index in [1.807, 2.05) is 36.9 Å². The number of aryl methyl sites for hydroxylation is 1. The number of rotatable bonds is 4. The number of nitrogens with one attached hydrogen (secondary N) is 2. The summed E-state index contributed by atoms with van der Waals surface area (Å²) in [5.74, 6) is 1.03. The standard InChI is InChI=1S/C14H21ClN2S2/c1-10-9-11(15)5-6-12(10)17-13(18)16-7-8-19-14(2,3)4/h5-6,9H,7-8H2,1-4H3,(H2,16,17,18). The van der Waals surface area contributed by atoms with Crippen LogP contribution in [0.4, 0.5) is 5.69 Å². The van der Waals surface area contributed by atoms with Gasteiger partial charge in [0.25, 0.3) is 0 Å². The molecule has 0 heterocycles. The maximum absolute atomic E-state index is 5.92. The van der Waals surface area contributed by atoms with E-state index in [0.29, 0.717) is 9.86 Å². The van der Waals surface area contributed by atoms with Gasteiger partial charge >= 0.3 is 0 Å². The van der Waals surface area contributed by atoms with Crippen LogP contribution in [-0.2, 0) is 0 Å². The summed E-state index contributed by atoms with van der Waals surface area (Å²) in [6.07, 6.45) is 0. The molecule has 19 heavy (non-hydrogen) atoms. The van der Waals surface area contributed by atoms with Crippen molar-refractivity contribution in [3.05, 3.63) is 28.8 Å². The third kappa shape index (κ3) is 7.04. The van der Waals surface area contributed by atoms with E-state index in [9.17, 15) is 0 Å². The molecule has 0 bridgehead atoms. The second kappa shape index (κ2) is 7.36. The first-order chi connectivity index (χ1) is 8.78. The normalized spacial score (nSPS) is 11.2. The lowest BCUT2D eigenvalue weighted by atomic mass is 10.2. The number of thioether (sulfide) groups is 1. The van der Waals surface area contributed by atoms with Gasteiger partial charge in [-0.2, -0.15) is 11.8 Å². The zero-order chi connectivity index (χ0) is 14.5. The van der Waals surface area contributed by atoms with Crippen molar-refractivity contribution in [3.63, 3.8) is 0 Å². The van der Waals surface area contributed by atoms with Crippen LogP contribution < -0.4 is 10.6 Å². The molecule has 1 rings (SSSR count). The molecule has 0 aliphatic heterocycles. The number of benzene rings is 1. The highest BCUT2D eigenvalue weighted by Gasteiger charge is 2.09. The molecule has 0 saturated heterocycles. The van der Waals surface area contributed by atoms with E-state index in [-0.39, 0.29) is 0 Å². The summed E-state index contributed by atoms with van der Waals surface area (Å²) in [6.45, 7) is 9.51. The van der Waals surface area contributed by atoms with E-state index in [1.165, 1.54) is 0 Å². The molecule has 0 aromatic heterocycles. The lowest BCUT2D eigenvalue weighted by Gasteiger charge is -2.18. The van der Waals surface area contributed by atoms with Crippen LogP contribution >= 0.6 is 35.6 Å². The minimum atomic E-state index is 0.295. The third-order valence-electron chi connectivity index (χ3n) is 2.36. The van der Waals surface area contributed by atoms with Crippen molar-refractivity contribution in [2.45, 2.75) is 32.4 Å². The van der Waals surface area contributed by atoms with E-state index < -0.39 is 0 Å². The molecule has 0 aliphatic rings. The van der Waals surface area contributed by atoms with Gasteiger partial charge in [-0.3, -0.25) is 0 Å². The number of anilines is 1. The van der Waals surface area contributed by atoms with Crippen LogP contribution in [0.25, 0.3) is 0 Å². The van der Waals surface area contributed by atoms with Gasteiger partial charge in [0.05, 0.1) is 0 Å². The first-order valence-electron chi connectivity index (χ1n) is 6.23. The molecule has 0 atom stereocenters. The molecule has 0 amide bonds. The van der Waals surface area contributed by atoms with Crippen molar-refractivity contribution in [2.24, 2.45) is 0 Å². The van der Waals surface area contributed by atoms with Crippen LogP contribution in [0.1, 0.15) is 26.3 Å². The summed E-state index contributed by atoms with van der Waals surface area (Å²) in [7, 11) is 0. The van der Waals surface area contributed by atoms with Gasteiger partial charge in [-0.15, -0.1) is 0 Å². The molecule has 1 aromatic rings. The van der Waals surface area contributed by atoms with Crippen LogP contribution in [0.15, 0.2) is 18.2 Å². The Morgan fingerprint density at radius 1 is 1.37 bits per heavy atom. The van der Waals surface area contributed by atoms with Crippen molar-refractivity contribution in [3.8, 4) is 0 Å². The molecule has 5 heteroatoms. The molecule has 0 spiro atoms. The fourth-order valence-corrected chi connectivity index (χ4v) is 2.71. The molecular formula is C14H21ClN2S2. The Labute approximate surface area is 130 Å². The summed E-state index contributed by atoms with van der Waals surface area (Å²) in [5, 5.41) is 7.79. The maximum atomic E-state index is 5.92. The van der Waals surface area contributed by atoms with E-state index in [0.717, 1.165) is 28.6 Å². The fraction of sp³-hybridized carbons (Fsp3) is 0.500. The molecule has 0 saturated carbocycles. The molecule has 2 N–H and O–H groups in total. The predicted molar refractivity (Wildman–Crippen MR) is 92.6 cm³/mol. The Morgan fingerprint density at radius 2 is 2.05 bits per heavy atom. The number of halogens is 1. The van der Waals surface area contributed by atoms with E-state index in [1.54, 1.807) is 0 Å². The van der Waals surface area contributed by atoms with Gasteiger partial charge in [0.1, 0.15) is 0 Å². The van der Waals surface area contributed by atoms with E-state index >= 15 is 0 Å². The van der Waals surface area contributed by atoms with Gasteiger partial charge in [0.15, 0.2) is 5.11 Å². The molecular weight excluding hydrogens is 296 g/mol. The van der Waals surface area contributed by atoms with Crippen molar-refractivity contribution >= 4 is 46.4 Å². The summed E-state index contributed by atoms with van der Waals surface area (Å²) in [5.41, 5.74) is 2.08. The van der Waals surface area contributed by atoms with Gasteiger partial charge in [0, 0.05) is 27.8 Å². The second-order valence-corrected chi connectivity index (χ2v) is 8.07. The zero-order valence-electron chi connectivity index (χ0n) is 11.8. The predicted octanol–water partition coefficient (Wildman–Crippen LogP) is 4.47. The van der Waals surface area contributed by atoms with Gasteiger partial charge in [-0.05, 0) is 42.9 Å². The Kier molecular flexibility index (Phi) is 6.43. The quantitative estimate of drug-likeness (QED) is 0.632. The van der Waals surface area contributed by atoms with Crippen LogP contribution in [0.2, 0.25) is 5.02 Å². The lowest BCUT2D eigenvalue weighted by molar-refractivity contribution is 0.800. The minimum Gasteiger partial charge on any atom is -0.362 e. The highest BCUT2D eigenvalue weighted by atomic mass is 35.5. The van der Waals surface area contributed by atoms with Crippen molar-refractivity contribution in [1.29, 1.82) is 0 Å². The van der Waals surface area contributed by atoms with Crippen molar-refractivity contribution < 1.29 is 0 Å². The number of thiocarbonyl (C=S) groups is 1. The summed E-state index contributed by atoms with van der Waals surface area (Å²) in [6, 6.07) is 5.71. The van der Waals surface area contributed by atoms with Crippen LogP contribution in [0.3, 0.4) is 0 Å². The average Bonchev–Trinajstić information content (AvgIpc) is 2.27. The highest BCUT2D eigenvalue weighted by molar-refractivity contribution is 8.00. The zero-order valence-corrected chi connectivity index (χ0v) is 14.2. The van der Waals surface area contributed by atoms with Gasteiger partial charge < -0.3 is 10.6 Å². The third-order valence-corrected chi connectivity index (χ3v) is 4.12. The Hall–Kier alpha value is -0.450. The molecule has 0 radical (unpaired) electrons. The van der Waals surface area contributed by atoms with Gasteiger partial charge in [0.2, 0.25) is 0 Å². The van der Waals surface area contributed by atoms with Gasteiger partial charge in [-0.25, -0.2) is 0 Å².